The number of hydrogen-bond acceptors (Lipinski definition) is 5. The minimum atomic E-state index is -0.593. The zero-order valence-electron chi connectivity index (χ0n) is 18.5. The Balaban J connectivity index is 1.55. The number of hydrazone groups is 1. The van der Waals surface area contributed by atoms with Crippen molar-refractivity contribution >= 4 is 17.6 Å². The van der Waals surface area contributed by atoms with Crippen LogP contribution in [0.15, 0.2) is 53.6 Å². The number of nitrogens with zero attached hydrogens (tertiary/aromatic N) is 3. The smallest absolute Gasteiger partial charge is 0.310 e. The van der Waals surface area contributed by atoms with E-state index in [-0.39, 0.29) is 30.2 Å². The molecule has 0 aromatic heterocycles. The molecule has 8 heteroatoms. The zero-order chi connectivity index (χ0) is 23.4. The molecule has 2 aliphatic rings. The summed E-state index contributed by atoms with van der Waals surface area (Å²) in [5, 5.41) is 5.87. The Morgan fingerprint density at radius 3 is 2.61 bits per heavy atom. The van der Waals surface area contributed by atoms with Crippen molar-refractivity contribution in [1.82, 2.24) is 9.91 Å². The first-order chi connectivity index (χ1) is 16.0. The summed E-state index contributed by atoms with van der Waals surface area (Å²) in [6.07, 6.45) is 1.85. The molecule has 174 valence electrons. The predicted octanol–water partition coefficient (Wildman–Crippen LogP) is 3.92. The number of hydrogen-bond donors (Lipinski definition) is 0. The summed E-state index contributed by atoms with van der Waals surface area (Å²) in [6, 6.07) is 11.6. The fourth-order valence-electron chi connectivity index (χ4n) is 4.46. The van der Waals surface area contributed by atoms with Gasteiger partial charge >= 0.3 is 5.97 Å². The van der Waals surface area contributed by atoms with Crippen molar-refractivity contribution in [3.05, 3.63) is 71.3 Å². The minimum absolute atomic E-state index is 0.0705. The molecule has 1 saturated heterocycles. The number of ether oxygens (including phenoxy) is 1. The average Bonchev–Trinajstić information content (AvgIpc) is 3.25. The highest BCUT2D eigenvalue weighted by Gasteiger charge is 2.36. The number of rotatable bonds is 6. The average molecular weight is 456 g/mol. The SMILES string of the molecule is CCOC(=O)[C@@H]1CCCN(CC(=O)N2N=C(c3ccc(F)cc3)C[C@@H]2c2ccccc2F)C1. The largest absolute Gasteiger partial charge is 0.466 e. The van der Waals surface area contributed by atoms with Gasteiger partial charge in [-0.3, -0.25) is 14.5 Å². The summed E-state index contributed by atoms with van der Waals surface area (Å²) in [4.78, 5) is 27.4. The Bertz CT molecular complexity index is 1040. The maximum Gasteiger partial charge on any atom is 0.310 e. The molecule has 2 aromatic carbocycles. The Labute approximate surface area is 191 Å². The van der Waals surface area contributed by atoms with Gasteiger partial charge < -0.3 is 4.74 Å². The van der Waals surface area contributed by atoms with Gasteiger partial charge in [0.2, 0.25) is 0 Å². The normalized spacial score (nSPS) is 21.1. The van der Waals surface area contributed by atoms with E-state index in [4.69, 9.17) is 4.74 Å². The van der Waals surface area contributed by atoms with Gasteiger partial charge in [-0.2, -0.15) is 5.10 Å². The molecule has 0 aliphatic carbocycles. The van der Waals surface area contributed by atoms with Crippen molar-refractivity contribution < 1.29 is 23.1 Å². The van der Waals surface area contributed by atoms with Crippen molar-refractivity contribution in [3.8, 4) is 0 Å². The molecule has 0 spiro atoms. The van der Waals surface area contributed by atoms with Crippen LogP contribution in [0.25, 0.3) is 0 Å². The molecule has 2 aromatic rings. The molecular weight excluding hydrogens is 428 g/mol. The van der Waals surface area contributed by atoms with Crippen LogP contribution < -0.4 is 0 Å². The fraction of sp³-hybridized carbons (Fsp3) is 0.400. The van der Waals surface area contributed by atoms with E-state index < -0.39 is 11.9 Å². The van der Waals surface area contributed by atoms with Crippen LogP contribution >= 0.6 is 0 Å². The molecule has 1 fully saturated rings. The zero-order valence-corrected chi connectivity index (χ0v) is 18.5. The van der Waals surface area contributed by atoms with Crippen LogP contribution in [0.2, 0.25) is 0 Å². The Hall–Kier alpha value is -3.13. The van der Waals surface area contributed by atoms with Crippen LogP contribution in [0.5, 0.6) is 0 Å². The lowest BCUT2D eigenvalue weighted by Crippen LogP contribution is -2.45. The molecule has 2 heterocycles. The Morgan fingerprint density at radius 1 is 1.12 bits per heavy atom. The minimum Gasteiger partial charge on any atom is -0.466 e. The number of benzene rings is 2. The molecule has 0 radical (unpaired) electrons. The van der Waals surface area contributed by atoms with E-state index >= 15 is 0 Å². The number of halogens is 2. The lowest BCUT2D eigenvalue weighted by atomic mass is 9.97. The summed E-state index contributed by atoms with van der Waals surface area (Å²) in [6.45, 7) is 3.30. The second-order valence-electron chi connectivity index (χ2n) is 8.36. The van der Waals surface area contributed by atoms with E-state index in [0.29, 0.717) is 43.0 Å². The quantitative estimate of drug-likeness (QED) is 0.620. The van der Waals surface area contributed by atoms with Crippen LogP contribution in [-0.2, 0) is 14.3 Å². The van der Waals surface area contributed by atoms with Gasteiger partial charge in [0.1, 0.15) is 11.6 Å². The number of esters is 1. The monoisotopic (exact) mass is 455 g/mol. The molecule has 1 amide bonds. The van der Waals surface area contributed by atoms with E-state index in [1.807, 2.05) is 4.90 Å². The second kappa shape index (κ2) is 10.2. The summed E-state index contributed by atoms with van der Waals surface area (Å²) in [5.41, 5.74) is 1.67. The van der Waals surface area contributed by atoms with Crippen LogP contribution in [0, 0.1) is 17.6 Å². The first-order valence-electron chi connectivity index (χ1n) is 11.2. The molecule has 6 nitrogen and oxygen atoms in total. The topological polar surface area (TPSA) is 62.2 Å². The van der Waals surface area contributed by atoms with Gasteiger partial charge in [0.15, 0.2) is 0 Å². The number of amides is 1. The summed E-state index contributed by atoms with van der Waals surface area (Å²) in [5.74, 6) is -1.54. The molecule has 0 bridgehead atoms. The number of likely N-dealkylation sites (tertiary alicyclic amines) is 1. The van der Waals surface area contributed by atoms with Crippen molar-refractivity contribution in [2.24, 2.45) is 11.0 Å². The van der Waals surface area contributed by atoms with Gasteiger partial charge in [-0.05, 0) is 50.1 Å². The summed E-state index contributed by atoms with van der Waals surface area (Å²) >= 11 is 0. The van der Waals surface area contributed by atoms with Crippen LogP contribution in [-0.4, -0.2) is 53.7 Å². The third-order valence-corrected chi connectivity index (χ3v) is 6.09. The maximum absolute atomic E-state index is 14.6. The fourth-order valence-corrected chi connectivity index (χ4v) is 4.46. The highest BCUT2D eigenvalue weighted by Crippen LogP contribution is 2.34. The molecule has 0 saturated carbocycles. The van der Waals surface area contributed by atoms with Gasteiger partial charge in [0, 0.05) is 18.5 Å². The lowest BCUT2D eigenvalue weighted by Gasteiger charge is -2.32. The highest BCUT2D eigenvalue weighted by molar-refractivity contribution is 6.03. The van der Waals surface area contributed by atoms with Crippen LogP contribution in [0.4, 0.5) is 8.78 Å². The van der Waals surface area contributed by atoms with Crippen molar-refractivity contribution in [2.75, 3.05) is 26.2 Å². The van der Waals surface area contributed by atoms with Crippen molar-refractivity contribution in [1.29, 1.82) is 0 Å². The molecule has 2 aliphatic heterocycles. The molecule has 0 N–H and O–H groups in total. The number of carbonyl (C=O) groups is 2. The van der Waals surface area contributed by atoms with E-state index in [0.717, 1.165) is 12.8 Å². The first-order valence-corrected chi connectivity index (χ1v) is 11.2. The van der Waals surface area contributed by atoms with Gasteiger partial charge in [-0.1, -0.05) is 30.3 Å². The molecule has 4 rings (SSSR count). The lowest BCUT2D eigenvalue weighted by molar-refractivity contribution is -0.150. The summed E-state index contributed by atoms with van der Waals surface area (Å²) < 4.78 is 33.2. The molecular formula is C25H27F2N3O3. The Kier molecular flexibility index (Phi) is 7.13. The molecule has 33 heavy (non-hydrogen) atoms. The van der Waals surface area contributed by atoms with Gasteiger partial charge in [-0.25, -0.2) is 13.8 Å². The molecule has 0 unspecified atom stereocenters. The number of piperidine rings is 1. The van der Waals surface area contributed by atoms with Crippen molar-refractivity contribution in [2.45, 2.75) is 32.2 Å². The first kappa shape index (κ1) is 23.0. The van der Waals surface area contributed by atoms with Crippen molar-refractivity contribution in [3.63, 3.8) is 0 Å². The third-order valence-electron chi connectivity index (χ3n) is 6.09. The standard InChI is InChI=1S/C25H27F2N3O3/c1-2-33-25(32)18-6-5-13-29(15-18)16-24(31)30-23(20-7-3-4-8-21(20)27)14-22(28-30)17-9-11-19(26)12-10-17/h3-4,7-12,18,23H,2,5-6,13-16H2,1H3/t18-,23-/m1/s1. The summed E-state index contributed by atoms with van der Waals surface area (Å²) in [7, 11) is 0. The second-order valence-corrected chi connectivity index (χ2v) is 8.36. The number of carbonyl (C=O) groups excluding carboxylic acids is 2. The van der Waals surface area contributed by atoms with E-state index in [1.165, 1.54) is 23.2 Å². The third kappa shape index (κ3) is 5.27. The molecule has 2 atom stereocenters. The highest BCUT2D eigenvalue weighted by atomic mass is 19.1. The van der Waals surface area contributed by atoms with Crippen LogP contribution in [0.1, 0.15) is 43.4 Å². The maximum atomic E-state index is 14.6. The van der Waals surface area contributed by atoms with Gasteiger partial charge in [0.25, 0.3) is 5.91 Å². The van der Waals surface area contributed by atoms with Gasteiger partial charge in [0.05, 0.1) is 30.8 Å². The predicted molar refractivity (Wildman–Crippen MR) is 119 cm³/mol. The van der Waals surface area contributed by atoms with E-state index in [9.17, 15) is 18.4 Å². The van der Waals surface area contributed by atoms with Crippen LogP contribution in [0.3, 0.4) is 0 Å². The van der Waals surface area contributed by atoms with E-state index in [2.05, 4.69) is 5.10 Å². The Morgan fingerprint density at radius 2 is 1.88 bits per heavy atom. The van der Waals surface area contributed by atoms with E-state index in [1.54, 1.807) is 37.3 Å². The van der Waals surface area contributed by atoms with Gasteiger partial charge in [-0.15, -0.1) is 0 Å².